The largest absolute Gasteiger partial charge is 0.507 e. The van der Waals surface area contributed by atoms with Crippen LogP contribution in [0, 0.1) is 68.2 Å². The van der Waals surface area contributed by atoms with Crippen LogP contribution in [-0.4, -0.2) is 60.5 Å². The van der Waals surface area contributed by atoms with Crippen LogP contribution in [0.4, 0.5) is 22.7 Å². The molecule has 0 atom stereocenters. The van der Waals surface area contributed by atoms with E-state index in [-0.39, 0.29) is 89.0 Å². The van der Waals surface area contributed by atoms with Gasteiger partial charge in [0.25, 0.3) is 22.7 Å². The number of hydrogen-bond acceptors (Lipinski definition) is 16. The van der Waals surface area contributed by atoms with E-state index in [1.165, 1.54) is 149 Å². The number of nitro groups is 4. The molecule has 8 N–H and O–H groups in total. The van der Waals surface area contributed by atoms with E-state index < -0.39 is 112 Å². The molecule has 384 valence electrons. The Bertz CT molecular complexity index is 3210. The van der Waals surface area contributed by atoms with Crippen molar-refractivity contribution in [3.8, 4) is 46.0 Å². The second kappa shape index (κ2) is 19.0. The van der Waals surface area contributed by atoms with Crippen molar-refractivity contribution in [1.29, 1.82) is 0 Å². The Labute approximate surface area is 430 Å². The molecule has 20 nitrogen and oxygen atoms in total. The summed E-state index contributed by atoms with van der Waals surface area (Å²) in [6.45, 7) is 5.29. The van der Waals surface area contributed by atoms with E-state index in [0.29, 0.717) is 0 Å². The van der Waals surface area contributed by atoms with Gasteiger partial charge in [-0.3, -0.25) is 40.5 Å². The van der Waals surface area contributed by atoms with E-state index in [0.717, 1.165) is 0 Å². The molecule has 8 aromatic carbocycles. The summed E-state index contributed by atoms with van der Waals surface area (Å²) in [5.74, 6) is -11.0. The van der Waals surface area contributed by atoms with Gasteiger partial charge in [-0.25, -0.2) is 0 Å². The van der Waals surface area contributed by atoms with E-state index in [2.05, 4.69) is 0 Å². The van der Waals surface area contributed by atoms with Gasteiger partial charge in [0.05, 0.1) is 19.7 Å². The fourth-order valence-electron chi connectivity index (χ4n) is 10.5. The Morgan fingerprint density at radius 2 is 0.447 bits per heavy atom. The SMILES string of the molecule is Cc1c(O)c2cc(c1O)C(c1cccc([N+](=O)[O-])c1)c1cc(c(O)c(C)c1O)C(c1cccc([N+](=O)[O-])c1)c1cc(c(O)c(C)c1O)C(c1cccc([N+](=O)[O-])c1)c1cc(c(O)c(C)c1O)C2c1cccc([N+](=O)[O-])c1. The molecule has 8 bridgehead atoms. The monoisotopic (exact) mass is 1030 g/mol. The molecule has 0 spiro atoms. The zero-order valence-electron chi connectivity index (χ0n) is 40.5. The average molecular weight is 1030 g/mol. The Hall–Kier alpha value is -10.2. The quantitative estimate of drug-likeness (QED) is 0.0518. The molecule has 0 heterocycles. The van der Waals surface area contributed by atoms with Crippen molar-refractivity contribution < 1.29 is 60.5 Å². The third-order valence-corrected chi connectivity index (χ3v) is 14.4. The van der Waals surface area contributed by atoms with Crippen LogP contribution in [0.3, 0.4) is 0 Å². The van der Waals surface area contributed by atoms with Crippen LogP contribution in [0.1, 0.15) is 113 Å². The number of benzene rings is 8. The van der Waals surface area contributed by atoms with Crippen LogP contribution in [-0.2, 0) is 0 Å². The molecule has 76 heavy (non-hydrogen) atoms. The fourth-order valence-corrected chi connectivity index (χ4v) is 10.5. The molecular weight excluding hydrogens is 985 g/mol. The standard InChI is InChI=1S/C56H44N4O16/c1-25-49(61)37-21-38(50(25)62)46(30-10-6-14-34(18-30)58(71)72)40-23-42(54(66)27(3)52(40)64)48(32-12-8-16-36(20-32)60(75)76)44-24-43(55(67)28(4)56(44)68)47(31-11-7-15-35(19-31)59(73)74)41-22-39(51(63)26(2)53(41)65)45(37)29-9-5-13-33(17-29)57(69)70/h5-24,45-48,61-68H,1-4H3. The van der Waals surface area contributed by atoms with Crippen LogP contribution in [0.2, 0.25) is 0 Å². The van der Waals surface area contributed by atoms with E-state index in [4.69, 9.17) is 0 Å². The highest BCUT2D eigenvalue weighted by atomic mass is 16.6. The van der Waals surface area contributed by atoms with Crippen LogP contribution in [0.25, 0.3) is 0 Å². The van der Waals surface area contributed by atoms with Crippen LogP contribution in [0.15, 0.2) is 121 Å². The molecule has 0 aliphatic heterocycles. The molecule has 20 heteroatoms. The number of nitro benzene ring substituents is 4. The number of phenolic OH excluding ortho intramolecular Hbond substituents is 8. The molecule has 0 radical (unpaired) electrons. The molecule has 9 rings (SSSR count). The van der Waals surface area contributed by atoms with Gasteiger partial charge in [0, 0.05) is 139 Å². The minimum absolute atomic E-state index is 0.0443. The molecule has 0 unspecified atom stereocenters. The van der Waals surface area contributed by atoms with Gasteiger partial charge in [0.1, 0.15) is 46.0 Å². The first-order valence-corrected chi connectivity index (χ1v) is 23.2. The topological polar surface area (TPSA) is 334 Å². The number of aromatic hydroxyl groups is 8. The van der Waals surface area contributed by atoms with Gasteiger partial charge in [-0.1, -0.05) is 48.5 Å². The lowest BCUT2D eigenvalue weighted by molar-refractivity contribution is -0.385. The van der Waals surface area contributed by atoms with Crippen molar-refractivity contribution in [3.05, 3.63) is 251 Å². The predicted molar refractivity (Wildman–Crippen MR) is 274 cm³/mol. The first-order chi connectivity index (χ1) is 36.0. The summed E-state index contributed by atoms with van der Waals surface area (Å²) in [7, 11) is 0. The second-order valence-electron chi connectivity index (χ2n) is 18.6. The summed E-state index contributed by atoms with van der Waals surface area (Å²) in [4.78, 5) is 47.0. The fraction of sp³-hybridized carbons (Fsp3) is 0.143. The van der Waals surface area contributed by atoms with Gasteiger partial charge in [0.15, 0.2) is 0 Å². The predicted octanol–water partition coefficient (Wildman–Crippen LogP) is 11.2. The number of phenols is 8. The highest BCUT2D eigenvalue weighted by Crippen LogP contribution is 2.57. The first-order valence-electron chi connectivity index (χ1n) is 23.2. The lowest BCUT2D eigenvalue weighted by Gasteiger charge is -2.31. The molecule has 8 aromatic rings. The summed E-state index contributed by atoms with van der Waals surface area (Å²) < 4.78 is 0. The minimum atomic E-state index is -1.52. The highest BCUT2D eigenvalue weighted by Gasteiger charge is 2.38. The zero-order chi connectivity index (χ0) is 54.9. The molecule has 0 saturated carbocycles. The van der Waals surface area contributed by atoms with E-state index in [9.17, 15) is 81.3 Å². The maximum atomic E-state index is 12.4. The third kappa shape index (κ3) is 8.32. The number of non-ortho nitro benzene ring substituents is 4. The lowest BCUT2D eigenvalue weighted by atomic mass is 9.73. The van der Waals surface area contributed by atoms with Gasteiger partial charge >= 0.3 is 0 Å². The van der Waals surface area contributed by atoms with E-state index in [1.807, 2.05) is 0 Å². The summed E-state index contributed by atoms with van der Waals surface area (Å²) in [6.07, 6.45) is 0. The lowest BCUT2D eigenvalue weighted by Crippen LogP contribution is -2.14. The van der Waals surface area contributed by atoms with Gasteiger partial charge < -0.3 is 40.9 Å². The average Bonchev–Trinajstić information content (AvgIpc) is 3.41. The Morgan fingerprint density at radius 1 is 0.289 bits per heavy atom. The van der Waals surface area contributed by atoms with Gasteiger partial charge in [0.2, 0.25) is 0 Å². The van der Waals surface area contributed by atoms with Gasteiger partial charge in [-0.15, -0.1) is 0 Å². The summed E-state index contributed by atoms with van der Waals surface area (Å²) in [5.41, 5.74) is -3.81. The first kappa shape index (κ1) is 50.7. The van der Waals surface area contributed by atoms with Gasteiger partial charge in [-0.2, -0.15) is 0 Å². The van der Waals surface area contributed by atoms with Crippen molar-refractivity contribution in [2.75, 3.05) is 0 Å². The second-order valence-corrected chi connectivity index (χ2v) is 18.6. The smallest absolute Gasteiger partial charge is 0.269 e. The van der Waals surface area contributed by atoms with Crippen molar-refractivity contribution in [2.45, 2.75) is 51.4 Å². The molecule has 0 aromatic heterocycles. The molecule has 1 aliphatic carbocycles. The zero-order valence-corrected chi connectivity index (χ0v) is 40.5. The van der Waals surface area contributed by atoms with Crippen LogP contribution >= 0.6 is 0 Å². The number of nitrogens with zero attached hydrogens (tertiary/aromatic N) is 4. The maximum Gasteiger partial charge on any atom is 0.269 e. The normalized spacial score (nSPS) is 15.9. The van der Waals surface area contributed by atoms with E-state index in [1.54, 1.807) is 0 Å². The third-order valence-electron chi connectivity index (χ3n) is 14.4. The summed E-state index contributed by atoms with van der Waals surface area (Å²) >= 11 is 0. The molecular formula is C56H44N4O16. The number of rotatable bonds is 8. The summed E-state index contributed by atoms with van der Waals surface area (Å²) in [5, 5.41) is 149. The van der Waals surface area contributed by atoms with Crippen LogP contribution in [0.5, 0.6) is 46.0 Å². The van der Waals surface area contributed by atoms with Crippen molar-refractivity contribution >= 4 is 22.7 Å². The molecule has 1 aliphatic rings. The molecule has 0 amide bonds. The minimum Gasteiger partial charge on any atom is -0.507 e. The van der Waals surface area contributed by atoms with Gasteiger partial charge in [-0.05, 0) is 74.2 Å². The molecule has 0 saturated heterocycles. The van der Waals surface area contributed by atoms with Crippen molar-refractivity contribution in [3.63, 3.8) is 0 Å². The Kier molecular flexibility index (Phi) is 12.7. The highest BCUT2D eigenvalue weighted by molar-refractivity contribution is 5.72. The Morgan fingerprint density at radius 3 is 0.592 bits per heavy atom. The number of hydrogen-bond donors (Lipinski definition) is 8. The summed E-state index contributed by atoms with van der Waals surface area (Å²) in [6, 6.07) is 25.7. The molecule has 0 fully saturated rings. The maximum absolute atomic E-state index is 12.4. The van der Waals surface area contributed by atoms with Crippen molar-refractivity contribution in [1.82, 2.24) is 0 Å². The Balaban J connectivity index is 1.57. The van der Waals surface area contributed by atoms with Crippen LogP contribution < -0.4 is 0 Å². The van der Waals surface area contributed by atoms with E-state index >= 15 is 0 Å². The van der Waals surface area contributed by atoms with Crippen molar-refractivity contribution in [2.24, 2.45) is 0 Å². The number of fused-ring (bicyclic) bond motifs is 8.